The first-order valence-corrected chi connectivity index (χ1v) is 11.0. The minimum atomic E-state index is -0.244. The van der Waals surface area contributed by atoms with Gasteiger partial charge in [-0.1, -0.05) is 31.0 Å². The molecular formula is C20H31FN4O2S. The fraction of sp³-hybridized carbons (Fsp3) is 0.650. The van der Waals surface area contributed by atoms with E-state index in [9.17, 15) is 9.18 Å². The Morgan fingerprint density at radius 1 is 1.25 bits per heavy atom. The van der Waals surface area contributed by atoms with E-state index in [-0.39, 0.29) is 23.6 Å². The van der Waals surface area contributed by atoms with E-state index in [1.807, 2.05) is 12.1 Å². The number of morpholine rings is 1. The van der Waals surface area contributed by atoms with E-state index in [4.69, 9.17) is 4.74 Å². The Balaban J connectivity index is 1.57. The molecule has 6 nitrogen and oxygen atoms in total. The topological polar surface area (TPSA) is 56.8 Å². The third-order valence-corrected chi connectivity index (χ3v) is 6.35. The largest absolute Gasteiger partial charge is 0.379 e. The third-order valence-electron chi connectivity index (χ3n) is 5.35. The first-order chi connectivity index (χ1) is 13.7. The summed E-state index contributed by atoms with van der Waals surface area (Å²) in [6.07, 6.45) is 0. The van der Waals surface area contributed by atoms with Gasteiger partial charge in [0.25, 0.3) is 0 Å². The van der Waals surface area contributed by atoms with Crippen molar-refractivity contribution in [3.8, 4) is 0 Å². The molecule has 2 aliphatic heterocycles. The first-order valence-electron chi connectivity index (χ1n) is 10.1. The fourth-order valence-corrected chi connectivity index (χ4v) is 4.73. The van der Waals surface area contributed by atoms with Crippen molar-refractivity contribution in [3.05, 3.63) is 35.6 Å². The molecule has 28 heavy (non-hydrogen) atoms. The lowest BCUT2D eigenvalue weighted by molar-refractivity contribution is -0.125. The van der Waals surface area contributed by atoms with Crippen LogP contribution in [0.4, 0.5) is 4.39 Å². The van der Waals surface area contributed by atoms with Crippen LogP contribution in [0.15, 0.2) is 24.3 Å². The number of carbonyl (C=O) groups excluding carboxylic acids is 1. The minimum Gasteiger partial charge on any atom is -0.379 e. The molecule has 0 bridgehead atoms. The van der Waals surface area contributed by atoms with Gasteiger partial charge >= 0.3 is 0 Å². The standard InChI is InChI=1S/C20H31FN4O2S/c1-2-22-15-28-25-13-18(16-3-5-17(21)6-4-16)19(14-25)20(26)23-7-8-24-9-11-27-12-10-24/h3-6,18-19,22H,2,7-15H2,1H3,(H,23,26). The second-order valence-corrected chi connectivity index (χ2v) is 8.30. The molecule has 2 fully saturated rings. The summed E-state index contributed by atoms with van der Waals surface area (Å²) in [5.74, 6) is 0.640. The average molecular weight is 411 g/mol. The van der Waals surface area contributed by atoms with Crippen molar-refractivity contribution in [3.63, 3.8) is 0 Å². The van der Waals surface area contributed by atoms with Gasteiger partial charge in [-0.3, -0.25) is 9.69 Å². The van der Waals surface area contributed by atoms with Gasteiger partial charge in [-0.2, -0.15) is 0 Å². The number of ether oxygens (including phenoxy) is 1. The van der Waals surface area contributed by atoms with Crippen molar-refractivity contribution < 1.29 is 13.9 Å². The van der Waals surface area contributed by atoms with Crippen LogP contribution in [-0.2, 0) is 9.53 Å². The summed E-state index contributed by atoms with van der Waals surface area (Å²) in [7, 11) is 0. The van der Waals surface area contributed by atoms with Crippen LogP contribution in [-0.4, -0.2) is 80.0 Å². The van der Waals surface area contributed by atoms with Crippen LogP contribution in [0.5, 0.6) is 0 Å². The van der Waals surface area contributed by atoms with Crippen molar-refractivity contribution >= 4 is 17.9 Å². The van der Waals surface area contributed by atoms with Gasteiger partial charge in [-0.05, 0) is 24.2 Å². The smallest absolute Gasteiger partial charge is 0.225 e. The second-order valence-electron chi connectivity index (χ2n) is 7.23. The third kappa shape index (κ3) is 6.15. The fourth-order valence-electron chi connectivity index (χ4n) is 3.72. The van der Waals surface area contributed by atoms with Crippen LogP contribution >= 0.6 is 11.9 Å². The van der Waals surface area contributed by atoms with E-state index >= 15 is 0 Å². The monoisotopic (exact) mass is 410 g/mol. The van der Waals surface area contributed by atoms with Crippen LogP contribution in [0.1, 0.15) is 18.4 Å². The SMILES string of the molecule is CCNCSN1CC(C(=O)NCCN2CCOCC2)C(c2ccc(F)cc2)C1. The summed E-state index contributed by atoms with van der Waals surface area (Å²) in [6, 6.07) is 6.59. The Kier molecular flexibility index (Phi) is 8.54. The maximum atomic E-state index is 13.3. The summed E-state index contributed by atoms with van der Waals surface area (Å²) in [5, 5.41) is 6.43. The van der Waals surface area contributed by atoms with Gasteiger partial charge in [-0.15, -0.1) is 0 Å². The number of hydrogen-bond donors (Lipinski definition) is 2. The first kappa shape index (κ1) is 21.5. The average Bonchev–Trinajstić information content (AvgIpc) is 3.14. The van der Waals surface area contributed by atoms with Crippen molar-refractivity contribution in [1.29, 1.82) is 0 Å². The summed E-state index contributed by atoms with van der Waals surface area (Å²) >= 11 is 1.72. The lowest BCUT2D eigenvalue weighted by Gasteiger charge is -2.27. The Morgan fingerprint density at radius 3 is 2.71 bits per heavy atom. The van der Waals surface area contributed by atoms with E-state index < -0.39 is 0 Å². The molecule has 1 aromatic carbocycles. The zero-order chi connectivity index (χ0) is 19.8. The lowest BCUT2D eigenvalue weighted by Crippen LogP contribution is -2.43. The highest BCUT2D eigenvalue weighted by Gasteiger charge is 2.38. The van der Waals surface area contributed by atoms with Crippen molar-refractivity contribution in [2.75, 3.05) is 64.9 Å². The number of rotatable bonds is 9. The number of nitrogens with one attached hydrogen (secondary N) is 2. The van der Waals surface area contributed by atoms with E-state index in [0.717, 1.165) is 57.4 Å². The molecule has 0 saturated carbocycles. The predicted molar refractivity (Wildman–Crippen MR) is 111 cm³/mol. The van der Waals surface area contributed by atoms with Crippen molar-refractivity contribution in [2.45, 2.75) is 12.8 Å². The summed E-state index contributed by atoms with van der Waals surface area (Å²) in [6.45, 7) is 9.38. The molecule has 0 aliphatic carbocycles. The summed E-state index contributed by atoms with van der Waals surface area (Å²) < 4.78 is 21.0. The predicted octanol–water partition coefficient (Wildman–Crippen LogP) is 1.50. The minimum absolute atomic E-state index is 0.0816. The normalized spacial score (nSPS) is 23.8. The molecule has 1 aromatic rings. The Hall–Kier alpha value is -1.19. The van der Waals surface area contributed by atoms with Crippen molar-refractivity contribution in [1.82, 2.24) is 19.8 Å². The maximum Gasteiger partial charge on any atom is 0.225 e. The molecule has 2 N–H and O–H groups in total. The summed E-state index contributed by atoms with van der Waals surface area (Å²) in [5.41, 5.74) is 1.03. The molecule has 0 radical (unpaired) electrons. The molecule has 2 unspecified atom stereocenters. The van der Waals surface area contributed by atoms with Gasteiger partial charge in [0.2, 0.25) is 5.91 Å². The number of benzene rings is 1. The maximum absolute atomic E-state index is 13.3. The van der Waals surface area contributed by atoms with Gasteiger partial charge in [0.05, 0.1) is 25.0 Å². The number of hydrogen-bond acceptors (Lipinski definition) is 6. The number of nitrogens with zero attached hydrogens (tertiary/aromatic N) is 2. The lowest BCUT2D eigenvalue weighted by atomic mass is 9.88. The highest BCUT2D eigenvalue weighted by molar-refractivity contribution is 7.96. The molecule has 3 rings (SSSR count). The van der Waals surface area contributed by atoms with E-state index in [1.165, 1.54) is 12.1 Å². The van der Waals surface area contributed by atoms with E-state index in [0.29, 0.717) is 13.1 Å². The van der Waals surface area contributed by atoms with Crippen LogP contribution in [0, 0.1) is 11.7 Å². The van der Waals surface area contributed by atoms with Gasteiger partial charge < -0.3 is 15.4 Å². The molecule has 2 heterocycles. The molecule has 8 heteroatoms. The zero-order valence-corrected chi connectivity index (χ0v) is 17.3. The quantitative estimate of drug-likeness (QED) is 0.366. The van der Waals surface area contributed by atoms with Gasteiger partial charge in [-0.25, -0.2) is 8.70 Å². The van der Waals surface area contributed by atoms with Crippen LogP contribution in [0.25, 0.3) is 0 Å². The Labute approximate surface area is 171 Å². The molecule has 2 aliphatic rings. The Morgan fingerprint density at radius 2 is 2.00 bits per heavy atom. The van der Waals surface area contributed by atoms with Gasteiger partial charge in [0.1, 0.15) is 5.82 Å². The van der Waals surface area contributed by atoms with Gasteiger partial charge in [0.15, 0.2) is 0 Å². The van der Waals surface area contributed by atoms with Gasteiger partial charge in [0, 0.05) is 45.2 Å². The number of halogens is 1. The highest BCUT2D eigenvalue weighted by Crippen LogP contribution is 2.36. The molecule has 0 spiro atoms. The van der Waals surface area contributed by atoms with Crippen LogP contribution < -0.4 is 10.6 Å². The summed E-state index contributed by atoms with van der Waals surface area (Å²) in [4.78, 5) is 15.2. The number of amides is 1. The molecule has 156 valence electrons. The zero-order valence-electron chi connectivity index (χ0n) is 16.5. The molecular weight excluding hydrogens is 379 g/mol. The van der Waals surface area contributed by atoms with E-state index in [2.05, 4.69) is 26.8 Å². The number of carbonyl (C=O) groups is 1. The molecule has 2 atom stereocenters. The molecule has 1 amide bonds. The molecule has 0 aromatic heterocycles. The van der Waals surface area contributed by atoms with Crippen LogP contribution in [0.3, 0.4) is 0 Å². The second kappa shape index (κ2) is 11.1. The molecule has 2 saturated heterocycles. The van der Waals surface area contributed by atoms with Crippen LogP contribution in [0.2, 0.25) is 0 Å². The van der Waals surface area contributed by atoms with E-state index in [1.54, 1.807) is 11.9 Å². The Bertz CT molecular complexity index is 613. The van der Waals surface area contributed by atoms with Crippen molar-refractivity contribution in [2.24, 2.45) is 5.92 Å². The highest BCUT2D eigenvalue weighted by atomic mass is 32.2.